The summed E-state index contributed by atoms with van der Waals surface area (Å²) < 4.78 is 5.12. The summed E-state index contributed by atoms with van der Waals surface area (Å²) in [6, 6.07) is 11.2. The minimum absolute atomic E-state index is 0.0587. The van der Waals surface area contributed by atoms with Gasteiger partial charge in [-0.15, -0.1) is 0 Å². The Morgan fingerprint density at radius 1 is 1.23 bits per heavy atom. The molecule has 3 rings (SSSR count). The van der Waals surface area contributed by atoms with Crippen LogP contribution in [0.5, 0.6) is 0 Å². The summed E-state index contributed by atoms with van der Waals surface area (Å²) in [4.78, 5) is 38.3. The molecule has 2 aromatic rings. The van der Waals surface area contributed by atoms with Crippen LogP contribution >= 0.6 is 11.6 Å². The Labute approximate surface area is 179 Å². The van der Waals surface area contributed by atoms with Crippen LogP contribution in [0.4, 0.5) is 11.4 Å². The molecule has 158 valence electrons. The van der Waals surface area contributed by atoms with Crippen molar-refractivity contribution in [2.24, 2.45) is 5.92 Å². The van der Waals surface area contributed by atoms with Crippen molar-refractivity contribution in [3.8, 4) is 0 Å². The fourth-order valence-corrected chi connectivity index (χ4v) is 3.73. The smallest absolute Gasteiger partial charge is 0.337 e. The highest BCUT2D eigenvalue weighted by atomic mass is 35.5. The molecule has 0 radical (unpaired) electrons. The normalized spacial score (nSPS) is 16.1. The average Bonchev–Trinajstić information content (AvgIpc) is 2.74. The molecule has 1 saturated heterocycles. The largest absolute Gasteiger partial charge is 0.478 e. The number of anilines is 2. The minimum atomic E-state index is -1.11. The standard InChI is InChI=1S/C22H23ClN2O5/c1-2-30-22(29)15-6-4-10-25(13-15)19-9-8-17(12-18(19)21(27)28)24-20(26)14-5-3-7-16(23)11-14/h3,5,7-9,11-12,15H,2,4,6,10,13H2,1H3,(H,24,26)(H,27,28). The first-order valence-electron chi connectivity index (χ1n) is 9.75. The number of halogens is 1. The number of rotatable bonds is 6. The van der Waals surface area contributed by atoms with E-state index in [-0.39, 0.29) is 23.4 Å². The van der Waals surface area contributed by atoms with Crippen molar-refractivity contribution in [2.75, 3.05) is 29.9 Å². The second kappa shape index (κ2) is 9.63. The molecule has 0 aromatic heterocycles. The maximum atomic E-state index is 12.4. The molecule has 30 heavy (non-hydrogen) atoms. The van der Waals surface area contributed by atoms with E-state index in [2.05, 4.69) is 5.32 Å². The monoisotopic (exact) mass is 430 g/mol. The van der Waals surface area contributed by atoms with Crippen LogP contribution in [-0.4, -0.2) is 42.6 Å². The lowest BCUT2D eigenvalue weighted by Crippen LogP contribution is -2.40. The molecule has 2 N–H and O–H groups in total. The van der Waals surface area contributed by atoms with E-state index in [4.69, 9.17) is 16.3 Å². The highest BCUT2D eigenvalue weighted by Gasteiger charge is 2.29. The first-order chi connectivity index (χ1) is 14.4. The summed E-state index contributed by atoms with van der Waals surface area (Å²) in [5.74, 6) is -2.05. The molecular formula is C22H23ClN2O5. The van der Waals surface area contributed by atoms with Crippen molar-refractivity contribution in [1.29, 1.82) is 0 Å². The molecule has 0 saturated carbocycles. The highest BCUT2D eigenvalue weighted by molar-refractivity contribution is 6.31. The fraction of sp³-hybridized carbons (Fsp3) is 0.318. The van der Waals surface area contributed by atoms with Crippen molar-refractivity contribution in [1.82, 2.24) is 0 Å². The van der Waals surface area contributed by atoms with Gasteiger partial charge in [0.1, 0.15) is 0 Å². The van der Waals surface area contributed by atoms with Gasteiger partial charge < -0.3 is 20.1 Å². The van der Waals surface area contributed by atoms with Gasteiger partial charge in [0.15, 0.2) is 0 Å². The zero-order valence-electron chi connectivity index (χ0n) is 16.6. The lowest BCUT2D eigenvalue weighted by molar-refractivity contribution is -0.148. The molecular weight excluding hydrogens is 408 g/mol. The molecule has 1 amide bonds. The van der Waals surface area contributed by atoms with E-state index in [0.717, 1.165) is 6.42 Å². The zero-order chi connectivity index (χ0) is 21.7. The van der Waals surface area contributed by atoms with Crippen molar-refractivity contribution in [3.05, 3.63) is 58.6 Å². The molecule has 8 heteroatoms. The van der Waals surface area contributed by atoms with Gasteiger partial charge in [0.2, 0.25) is 0 Å². The first kappa shape index (κ1) is 21.6. The molecule has 0 bridgehead atoms. The summed E-state index contributed by atoms with van der Waals surface area (Å²) in [7, 11) is 0. The number of carbonyl (C=O) groups is 3. The average molecular weight is 431 g/mol. The van der Waals surface area contributed by atoms with Gasteiger partial charge >= 0.3 is 11.9 Å². The molecule has 1 atom stereocenters. The maximum absolute atomic E-state index is 12.4. The van der Waals surface area contributed by atoms with E-state index in [1.807, 2.05) is 4.90 Å². The number of nitrogens with one attached hydrogen (secondary N) is 1. The third-order valence-corrected chi connectivity index (χ3v) is 5.19. The van der Waals surface area contributed by atoms with Crippen LogP contribution < -0.4 is 10.2 Å². The summed E-state index contributed by atoms with van der Waals surface area (Å²) in [6.45, 7) is 3.12. The predicted octanol–water partition coefficient (Wildman–Crippen LogP) is 4.07. The fourth-order valence-electron chi connectivity index (χ4n) is 3.54. The highest BCUT2D eigenvalue weighted by Crippen LogP contribution is 2.29. The number of amides is 1. The molecule has 1 aliphatic heterocycles. The first-order valence-corrected chi connectivity index (χ1v) is 10.1. The number of hydrogen-bond acceptors (Lipinski definition) is 5. The quantitative estimate of drug-likeness (QED) is 0.670. The molecule has 1 fully saturated rings. The van der Waals surface area contributed by atoms with E-state index in [1.54, 1.807) is 37.3 Å². The van der Waals surface area contributed by atoms with E-state index in [0.29, 0.717) is 48.1 Å². The third kappa shape index (κ3) is 5.10. The number of piperidine rings is 1. The van der Waals surface area contributed by atoms with E-state index in [9.17, 15) is 19.5 Å². The van der Waals surface area contributed by atoms with Crippen LogP contribution in [0.2, 0.25) is 5.02 Å². The Balaban J connectivity index is 1.81. The topological polar surface area (TPSA) is 95.9 Å². The summed E-state index contributed by atoms with van der Waals surface area (Å²) in [5, 5.41) is 12.9. The molecule has 0 aliphatic carbocycles. The van der Waals surface area contributed by atoms with Crippen molar-refractivity contribution in [2.45, 2.75) is 19.8 Å². The Morgan fingerprint density at radius 3 is 2.73 bits per heavy atom. The Bertz CT molecular complexity index is 962. The zero-order valence-corrected chi connectivity index (χ0v) is 17.3. The van der Waals surface area contributed by atoms with E-state index in [1.165, 1.54) is 12.1 Å². The lowest BCUT2D eigenvalue weighted by Gasteiger charge is -2.34. The van der Waals surface area contributed by atoms with Gasteiger partial charge in [-0.2, -0.15) is 0 Å². The second-order valence-electron chi connectivity index (χ2n) is 7.04. The van der Waals surface area contributed by atoms with Crippen molar-refractivity contribution in [3.63, 3.8) is 0 Å². The molecule has 0 spiro atoms. The minimum Gasteiger partial charge on any atom is -0.478 e. The van der Waals surface area contributed by atoms with Gasteiger partial charge in [-0.25, -0.2) is 4.79 Å². The number of esters is 1. The molecule has 1 aliphatic rings. The van der Waals surface area contributed by atoms with Crippen LogP contribution in [0.3, 0.4) is 0 Å². The number of carbonyl (C=O) groups excluding carboxylic acids is 2. The van der Waals surface area contributed by atoms with Crippen LogP contribution in [0.25, 0.3) is 0 Å². The Kier molecular flexibility index (Phi) is 6.95. The lowest BCUT2D eigenvalue weighted by atomic mass is 9.96. The van der Waals surface area contributed by atoms with Crippen LogP contribution in [0, 0.1) is 5.92 Å². The van der Waals surface area contributed by atoms with Crippen molar-refractivity contribution < 1.29 is 24.2 Å². The van der Waals surface area contributed by atoms with Crippen LogP contribution in [-0.2, 0) is 9.53 Å². The SMILES string of the molecule is CCOC(=O)C1CCCN(c2ccc(NC(=O)c3cccc(Cl)c3)cc2C(=O)O)C1. The number of aromatic carboxylic acids is 1. The summed E-state index contributed by atoms with van der Waals surface area (Å²) >= 11 is 5.92. The van der Waals surface area contributed by atoms with Gasteiger partial charge in [-0.05, 0) is 56.2 Å². The second-order valence-corrected chi connectivity index (χ2v) is 7.48. The van der Waals surface area contributed by atoms with Gasteiger partial charge in [-0.1, -0.05) is 17.7 Å². The predicted molar refractivity (Wildman–Crippen MR) is 114 cm³/mol. The third-order valence-electron chi connectivity index (χ3n) is 4.95. The van der Waals surface area contributed by atoms with Crippen LogP contribution in [0.1, 0.15) is 40.5 Å². The number of nitrogens with zero attached hydrogens (tertiary/aromatic N) is 1. The maximum Gasteiger partial charge on any atom is 0.337 e. The van der Waals surface area contributed by atoms with Gasteiger partial charge in [0.05, 0.1) is 23.8 Å². The van der Waals surface area contributed by atoms with E-state index < -0.39 is 5.97 Å². The van der Waals surface area contributed by atoms with Gasteiger partial charge in [0, 0.05) is 29.4 Å². The molecule has 1 heterocycles. The summed E-state index contributed by atoms with van der Waals surface area (Å²) in [6.07, 6.45) is 1.47. The van der Waals surface area contributed by atoms with Crippen LogP contribution in [0.15, 0.2) is 42.5 Å². The molecule has 7 nitrogen and oxygen atoms in total. The number of benzene rings is 2. The van der Waals surface area contributed by atoms with Gasteiger partial charge in [0.25, 0.3) is 5.91 Å². The molecule has 1 unspecified atom stereocenters. The van der Waals surface area contributed by atoms with Gasteiger partial charge in [-0.3, -0.25) is 9.59 Å². The summed E-state index contributed by atoms with van der Waals surface area (Å²) in [5.41, 5.74) is 1.30. The number of hydrogen-bond donors (Lipinski definition) is 2. The Hall–Kier alpha value is -3.06. The molecule has 2 aromatic carbocycles. The number of carboxylic acid groups (broad SMARTS) is 1. The number of ether oxygens (including phenoxy) is 1. The van der Waals surface area contributed by atoms with E-state index >= 15 is 0 Å². The Morgan fingerprint density at radius 2 is 2.03 bits per heavy atom. The van der Waals surface area contributed by atoms with Crippen molar-refractivity contribution >= 4 is 40.8 Å². The number of carboxylic acids is 1.